The number of hydrogen-bond donors (Lipinski definition) is 2. The minimum atomic E-state index is 0.526. The fourth-order valence-corrected chi connectivity index (χ4v) is 3.08. The summed E-state index contributed by atoms with van der Waals surface area (Å²) in [5.41, 5.74) is 6.37. The number of hydrogen-bond acceptors (Lipinski definition) is 5. The van der Waals surface area contributed by atoms with Crippen molar-refractivity contribution in [3.8, 4) is 5.88 Å². The van der Waals surface area contributed by atoms with Crippen LogP contribution in [0.5, 0.6) is 5.88 Å². The molecule has 2 heterocycles. The molecule has 1 unspecified atom stereocenters. The van der Waals surface area contributed by atoms with Crippen LogP contribution >= 0.6 is 11.8 Å². The van der Waals surface area contributed by atoms with Crippen LogP contribution in [0.15, 0.2) is 12.1 Å². The van der Waals surface area contributed by atoms with Gasteiger partial charge in [0.15, 0.2) is 0 Å². The summed E-state index contributed by atoms with van der Waals surface area (Å²) in [6.45, 7) is 3.49. The second kappa shape index (κ2) is 6.00. The number of nitrogens with zero attached hydrogens (tertiary/aromatic N) is 1. The van der Waals surface area contributed by atoms with Crippen molar-refractivity contribution >= 4 is 23.3 Å². The van der Waals surface area contributed by atoms with Crippen molar-refractivity contribution in [2.75, 3.05) is 35.7 Å². The highest BCUT2D eigenvalue weighted by Gasteiger charge is 2.15. The van der Waals surface area contributed by atoms with Crippen molar-refractivity contribution in [2.45, 2.75) is 13.3 Å². The number of ether oxygens (including phenoxy) is 1. The summed E-state index contributed by atoms with van der Waals surface area (Å²) in [6, 6.07) is 3.74. The van der Waals surface area contributed by atoms with Gasteiger partial charge < -0.3 is 15.8 Å². The summed E-state index contributed by atoms with van der Waals surface area (Å²) in [4.78, 5) is 4.36. The maximum atomic E-state index is 5.78. The molecular weight excluding hydrogens is 234 g/mol. The third kappa shape index (κ3) is 3.43. The zero-order valence-electron chi connectivity index (χ0n) is 10.1. The molecule has 1 fully saturated rings. The number of nitrogens with one attached hydrogen (secondary N) is 1. The first-order chi connectivity index (χ1) is 8.29. The smallest absolute Gasteiger partial charge is 0.239 e. The molecule has 0 spiro atoms. The highest BCUT2D eigenvalue weighted by atomic mass is 32.2. The van der Waals surface area contributed by atoms with Crippen LogP contribution in [-0.2, 0) is 0 Å². The van der Waals surface area contributed by atoms with Crippen molar-refractivity contribution in [1.82, 2.24) is 4.98 Å². The number of pyridine rings is 1. The van der Waals surface area contributed by atoms with E-state index >= 15 is 0 Å². The predicted octanol–water partition coefficient (Wildman–Crippen LogP) is 2.23. The van der Waals surface area contributed by atoms with Gasteiger partial charge in [0, 0.05) is 6.54 Å². The molecule has 5 heteroatoms. The molecule has 0 aromatic carbocycles. The third-order valence-electron chi connectivity index (χ3n) is 2.77. The van der Waals surface area contributed by atoms with Crippen LogP contribution in [0.4, 0.5) is 11.5 Å². The fraction of sp³-hybridized carbons (Fsp3) is 0.583. The zero-order valence-corrected chi connectivity index (χ0v) is 10.9. The summed E-state index contributed by atoms with van der Waals surface area (Å²) in [5.74, 6) is 4.67. The first kappa shape index (κ1) is 12.4. The van der Waals surface area contributed by atoms with Crippen molar-refractivity contribution in [3.63, 3.8) is 0 Å². The van der Waals surface area contributed by atoms with E-state index in [1.807, 2.05) is 30.8 Å². The van der Waals surface area contributed by atoms with Crippen LogP contribution in [-0.4, -0.2) is 29.6 Å². The molecule has 1 saturated heterocycles. The zero-order chi connectivity index (χ0) is 12.1. The van der Waals surface area contributed by atoms with Crippen molar-refractivity contribution in [3.05, 3.63) is 12.1 Å². The minimum absolute atomic E-state index is 0.526. The predicted molar refractivity (Wildman–Crippen MR) is 73.7 cm³/mol. The van der Waals surface area contributed by atoms with Gasteiger partial charge in [-0.2, -0.15) is 16.7 Å². The van der Waals surface area contributed by atoms with Crippen molar-refractivity contribution in [2.24, 2.45) is 5.92 Å². The Morgan fingerprint density at radius 2 is 2.47 bits per heavy atom. The normalized spacial score (nSPS) is 19.2. The monoisotopic (exact) mass is 253 g/mol. The lowest BCUT2D eigenvalue weighted by molar-refractivity contribution is 0.329. The van der Waals surface area contributed by atoms with Gasteiger partial charge in [-0.3, -0.25) is 0 Å². The van der Waals surface area contributed by atoms with Gasteiger partial charge in [-0.1, -0.05) is 0 Å². The van der Waals surface area contributed by atoms with Crippen LogP contribution in [0, 0.1) is 5.92 Å². The number of anilines is 2. The summed E-state index contributed by atoms with van der Waals surface area (Å²) in [6.07, 6.45) is 1.30. The molecule has 0 saturated carbocycles. The summed E-state index contributed by atoms with van der Waals surface area (Å²) in [5, 5.41) is 3.35. The molecular formula is C12H19N3OS. The van der Waals surface area contributed by atoms with Gasteiger partial charge in [0.1, 0.15) is 5.82 Å². The Morgan fingerprint density at radius 3 is 3.18 bits per heavy atom. The molecule has 1 aliphatic heterocycles. The molecule has 3 N–H and O–H groups in total. The van der Waals surface area contributed by atoms with Gasteiger partial charge in [0.25, 0.3) is 0 Å². The largest absolute Gasteiger partial charge is 0.476 e. The first-order valence-corrected chi connectivity index (χ1v) is 7.16. The lowest BCUT2D eigenvalue weighted by Crippen LogP contribution is -2.14. The van der Waals surface area contributed by atoms with E-state index in [4.69, 9.17) is 10.5 Å². The minimum Gasteiger partial charge on any atom is -0.476 e. The Balaban J connectivity index is 1.93. The van der Waals surface area contributed by atoms with E-state index in [1.165, 1.54) is 17.9 Å². The molecule has 0 radical (unpaired) electrons. The Bertz CT molecular complexity index is 367. The topological polar surface area (TPSA) is 60.2 Å². The molecule has 2 rings (SSSR count). The molecule has 94 valence electrons. The average molecular weight is 253 g/mol. The van der Waals surface area contributed by atoms with Crippen molar-refractivity contribution in [1.29, 1.82) is 0 Å². The number of thioether (sulfide) groups is 1. The summed E-state index contributed by atoms with van der Waals surface area (Å²) >= 11 is 2.03. The second-order valence-electron chi connectivity index (χ2n) is 4.13. The Kier molecular flexibility index (Phi) is 4.36. The van der Waals surface area contributed by atoms with Gasteiger partial charge in [0.05, 0.1) is 12.3 Å². The molecule has 1 aromatic rings. The molecule has 0 aliphatic carbocycles. The van der Waals surface area contributed by atoms with E-state index in [-0.39, 0.29) is 0 Å². The Morgan fingerprint density at radius 1 is 1.59 bits per heavy atom. The average Bonchev–Trinajstić information content (AvgIpc) is 2.83. The SMILES string of the molecule is CCOc1nc(NCC2CCSC2)ccc1N. The van der Waals surface area contributed by atoms with E-state index in [1.54, 1.807) is 0 Å². The Hall–Kier alpha value is -1.10. The lowest BCUT2D eigenvalue weighted by atomic mass is 10.1. The first-order valence-electron chi connectivity index (χ1n) is 6.00. The maximum Gasteiger partial charge on any atom is 0.239 e. The number of nitrogen functional groups attached to an aromatic ring is 1. The summed E-state index contributed by atoms with van der Waals surface area (Å²) in [7, 11) is 0. The highest BCUT2D eigenvalue weighted by Crippen LogP contribution is 2.25. The molecule has 0 bridgehead atoms. The second-order valence-corrected chi connectivity index (χ2v) is 5.28. The molecule has 1 aromatic heterocycles. The lowest BCUT2D eigenvalue weighted by Gasteiger charge is -2.12. The quantitative estimate of drug-likeness (QED) is 0.842. The van der Waals surface area contributed by atoms with Crippen LogP contribution in [0.3, 0.4) is 0 Å². The van der Waals surface area contributed by atoms with E-state index in [2.05, 4.69) is 10.3 Å². The number of nitrogens with two attached hydrogens (primary N) is 1. The summed E-state index contributed by atoms with van der Waals surface area (Å²) < 4.78 is 5.37. The van der Waals surface area contributed by atoms with E-state index in [0.717, 1.165) is 18.3 Å². The Labute approximate surface area is 106 Å². The van der Waals surface area contributed by atoms with Crippen LogP contribution in [0.25, 0.3) is 0 Å². The van der Waals surface area contributed by atoms with Gasteiger partial charge in [-0.15, -0.1) is 0 Å². The number of aromatic nitrogens is 1. The number of rotatable bonds is 5. The van der Waals surface area contributed by atoms with E-state index in [9.17, 15) is 0 Å². The highest BCUT2D eigenvalue weighted by molar-refractivity contribution is 7.99. The molecule has 0 amide bonds. The van der Waals surface area contributed by atoms with E-state index < -0.39 is 0 Å². The van der Waals surface area contributed by atoms with Crippen LogP contribution in [0.2, 0.25) is 0 Å². The molecule has 1 aliphatic rings. The molecule has 4 nitrogen and oxygen atoms in total. The fourth-order valence-electron chi connectivity index (χ4n) is 1.80. The maximum absolute atomic E-state index is 5.78. The standard InChI is InChI=1S/C12H19N3OS/c1-2-16-12-10(13)3-4-11(15-12)14-7-9-5-6-17-8-9/h3-4,9H,2,5-8,13H2,1H3,(H,14,15). The van der Waals surface area contributed by atoms with E-state index in [0.29, 0.717) is 18.2 Å². The molecule has 17 heavy (non-hydrogen) atoms. The molecule has 1 atom stereocenters. The van der Waals surface area contributed by atoms with Gasteiger partial charge in [-0.25, -0.2) is 0 Å². The van der Waals surface area contributed by atoms with Crippen LogP contribution < -0.4 is 15.8 Å². The van der Waals surface area contributed by atoms with Crippen molar-refractivity contribution < 1.29 is 4.74 Å². The van der Waals surface area contributed by atoms with Gasteiger partial charge in [0.2, 0.25) is 5.88 Å². The third-order valence-corrected chi connectivity index (χ3v) is 4.00. The van der Waals surface area contributed by atoms with Crippen LogP contribution in [0.1, 0.15) is 13.3 Å². The van der Waals surface area contributed by atoms with Gasteiger partial charge in [-0.05, 0) is 42.9 Å². The van der Waals surface area contributed by atoms with Gasteiger partial charge >= 0.3 is 0 Å².